The summed E-state index contributed by atoms with van der Waals surface area (Å²) in [6.45, 7) is 4.96. The van der Waals surface area contributed by atoms with Crippen molar-refractivity contribution in [2.75, 3.05) is 13.7 Å². The van der Waals surface area contributed by atoms with Crippen molar-refractivity contribution in [2.45, 2.75) is 46.0 Å². The van der Waals surface area contributed by atoms with Crippen LogP contribution in [0.3, 0.4) is 0 Å². The normalized spacial score (nSPS) is 11.2. The number of aryl methyl sites for hydroxylation is 1. The third kappa shape index (κ3) is 5.42. The highest BCUT2D eigenvalue weighted by molar-refractivity contribution is 7.71. The van der Waals surface area contributed by atoms with Crippen LogP contribution < -0.4 is 9.47 Å². The Kier molecular flexibility index (Phi) is 7.66. The van der Waals surface area contributed by atoms with Gasteiger partial charge in [0.1, 0.15) is 0 Å². The van der Waals surface area contributed by atoms with Crippen LogP contribution in [0.1, 0.15) is 50.9 Å². The lowest BCUT2D eigenvalue weighted by atomic mass is 10.2. The van der Waals surface area contributed by atoms with Crippen LogP contribution in [-0.2, 0) is 6.42 Å². The molecule has 0 radical (unpaired) electrons. The van der Waals surface area contributed by atoms with E-state index < -0.39 is 0 Å². The number of H-pyrrole nitrogens is 1. The van der Waals surface area contributed by atoms with E-state index in [1.807, 2.05) is 18.2 Å². The maximum Gasteiger partial charge on any atom is 0.216 e. The van der Waals surface area contributed by atoms with Gasteiger partial charge < -0.3 is 9.47 Å². The van der Waals surface area contributed by atoms with Gasteiger partial charge in [-0.3, -0.25) is 5.10 Å². The molecule has 0 spiro atoms. The second-order valence-corrected chi connectivity index (χ2v) is 6.10. The Morgan fingerprint density at radius 3 is 2.80 bits per heavy atom. The van der Waals surface area contributed by atoms with Crippen molar-refractivity contribution in [3.63, 3.8) is 0 Å². The van der Waals surface area contributed by atoms with Crippen LogP contribution in [0.4, 0.5) is 0 Å². The molecule has 136 valence electrons. The molecule has 7 heteroatoms. The predicted octanol–water partition coefficient (Wildman–Crippen LogP) is 4.35. The van der Waals surface area contributed by atoms with Gasteiger partial charge in [0.25, 0.3) is 0 Å². The molecule has 2 rings (SSSR count). The average Bonchev–Trinajstić information content (AvgIpc) is 2.97. The molecule has 6 nitrogen and oxygen atoms in total. The number of aromatic amines is 1. The van der Waals surface area contributed by atoms with Gasteiger partial charge in [-0.2, -0.15) is 14.9 Å². The molecule has 0 unspecified atom stereocenters. The van der Waals surface area contributed by atoms with Crippen LogP contribution in [0, 0.1) is 4.77 Å². The molecular formula is C18H26N4O2S. The van der Waals surface area contributed by atoms with Crippen molar-refractivity contribution in [2.24, 2.45) is 5.10 Å². The first-order valence-corrected chi connectivity index (χ1v) is 9.11. The molecule has 0 saturated carbocycles. The fourth-order valence-electron chi connectivity index (χ4n) is 2.37. The Labute approximate surface area is 153 Å². The largest absolute Gasteiger partial charge is 0.493 e. The Hall–Kier alpha value is -2.15. The number of nitrogens with one attached hydrogen (secondary N) is 1. The first-order valence-electron chi connectivity index (χ1n) is 8.71. The summed E-state index contributed by atoms with van der Waals surface area (Å²) >= 11 is 5.23. The summed E-state index contributed by atoms with van der Waals surface area (Å²) in [5.41, 5.74) is 0.906. The van der Waals surface area contributed by atoms with E-state index >= 15 is 0 Å². The summed E-state index contributed by atoms with van der Waals surface area (Å²) in [5.74, 6) is 2.28. The number of ether oxygens (including phenoxy) is 2. The van der Waals surface area contributed by atoms with E-state index in [1.54, 1.807) is 18.0 Å². The van der Waals surface area contributed by atoms with Crippen LogP contribution >= 0.6 is 12.2 Å². The SMILES string of the molecule is CCCCCOc1ccc(/C=N/n2c(CCC)n[nH]c2=S)cc1OC. The number of unbranched alkanes of at least 4 members (excludes halogenated alkanes) is 2. The molecule has 0 saturated heterocycles. The Morgan fingerprint density at radius 1 is 1.24 bits per heavy atom. The highest BCUT2D eigenvalue weighted by Gasteiger charge is 2.06. The first kappa shape index (κ1) is 19.2. The molecule has 0 aliphatic heterocycles. The molecule has 0 atom stereocenters. The minimum absolute atomic E-state index is 0.488. The van der Waals surface area contributed by atoms with E-state index in [4.69, 9.17) is 21.7 Å². The van der Waals surface area contributed by atoms with E-state index in [9.17, 15) is 0 Å². The Morgan fingerprint density at radius 2 is 2.08 bits per heavy atom. The van der Waals surface area contributed by atoms with Gasteiger partial charge in [0.05, 0.1) is 19.9 Å². The van der Waals surface area contributed by atoms with E-state index in [1.165, 1.54) is 12.8 Å². The third-order valence-corrected chi connectivity index (χ3v) is 3.97. The number of hydrogen-bond donors (Lipinski definition) is 1. The summed E-state index contributed by atoms with van der Waals surface area (Å²) in [6.07, 6.45) is 6.92. The van der Waals surface area contributed by atoms with E-state index in [-0.39, 0.29) is 0 Å². The van der Waals surface area contributed by atoms with Gasteiger partial charge in [0.2, 0.25) is 4.77 Å². The van der Waals surface area contributed by atoms with E-state index in [0.717, 1.165) is 36.4 Å². The highest BCUT2D eigenvalue weighted by Crippen LogP contribution is 2.27. The van der Waals surface area contributed by atoms with Gasteiger partial charge in [-0.15, -0.1) is 0 Å². The van der Waals surface area contributed by atoms with Crippen molar-refractivity contribution in [3.8, 4) is 11.5 Å². The molecule has 1 heterocycles. The number of benzene rings is 1. The smallest absolute Gasteiger partial charge is 0.216 e. The fourth-order valence-corrected chi connectivity index (χ4v) is 2.57. The molecule has 0 bridgehead atoms. The molecular weight excluding hydrogens is 336 g/mol. The second-order valence-electron chi connectivity index (χ2n) is 5.72. The van der Waals surface area contributed by atoms with Crippen LogP contribution in [0.25, 0.3) is 0 Å². The monoisotopic (exact) mass is 362 g/mol. The topological polar surface area (TPSA) is 64.4 Å². The van der Waals surface area contributed by atoms with Gasteiger partial charge in [-0.1, -0.05) is 26.7 Å². The predicted molar refractivity (Wildman–Crippen MR) is 102 cm³/mol. The minimum atomic E-state index is 0.488. The van der Waals surface area contributed by atoms with Crippen LogP contribution in [0.5, 0.6) is 11.5 Å². The minimum Gasteiger partial charge on any atom is -0.493 e. The van der Waals surface area contributed by atoms with Crippen molar-refractivity contribution >= 4 is 18.4 Å². The summed E-state index contributed by atoms with van der Waals surface area (Å²) < 4.78 is 13.4. The van der Waals surface area contributed by atoms with Crippen molar-refractivity contribution in [1.29, 1.82) is 0 Å². The Bertz CT molecular complexity index is 752. The number of nitrogens with zero attached hydrogens (tertiary/aromatic N) is 3. The second kappa shape index (κ2) is 9.98. The quantitative estimate of drug-likeness (QED) is 0.388. The average molecular weight is 362 g/mol. The number of hydrogen-bond acceptors (Lipinski definition) is 5. The number of rotatable bonds is 10. The maximum absolute atomic E-state index is 5.80. The Balaban J connectivity index is 2.12. The molecule has 1 aromatic heterocycles. The molecule has 1 aromatic carbocycles. The molecule has 1 N–H and O–H groups in total. The van der Waals surface area contributed by atoms with Crippen molar-refractivity contribution in [3.05, 3.63) is 34.4 Å². The lowest BCUT2D eigenvalue weighted by Crippen LogP contribution is -2.01. The molecule has 0 aliphatic carbocycles. The molecule has 25 heavy (non-hydrogen) atoms. The third-order valence-electron chi connectivity index (χ3n) is 3.71. The zero-order chi connectivity index (χ0) is 18.1. The highest BCUT2D eigenvalue weighted by atomic mass is 32.1. The van der Waals surface area contributed by atoms with Gasteiger partial charge >= 0.3 is 0 Å². The molecule has 0 fully saturated rings. The van der Waals surface area contributed by atoms with Gasteiger partial charge in [0, 0.05) is 6.42 Å². The maximum atomic E-state index is 5.80. The first-order chi connectivity index (χ1) is 12.2. The van der Waals surface area contributed by atoms with Crippen LogP contribution in [0.15, 0.2) is 23.3 Å². The van der Waals surface area contributed by atoms with Gasteiger partial charge in [0.15, 0.2) is 17.3 Å². The summed E-state index contributed by atoms with van der Waals surface area (Å²) in [7, 11) is 1.64. The summed E-state index contributed by atoms with van der Waals surface area (Å²) in [5, 5.41) is 11.4. The summed E-state index contributed by atoms with van der Waals surface area (Å²) in [6, 6.07) is 5.76. The van der Waals surface area contributed by atoms with E-state index in [2.05, 4.69) is 29.1 Å². The lowest BCUT2D eigenvalue weighted by molar-refractivity contribution is 0.286. The van der Waals surface area contributed by atoms with Crippen LogP contribution in [-0.4, -0.2) is 34.8 Å². The molecule has 0 aliphatic rings. The fraction of sp³-hybridized carbons (Fsp3) is 0.500. The van der Waals surface area contributed by atoms with Crippen LogP contribution in [0.2, 0.25) is 0 Å². The van der Waals surface area contributed by atoms with Gasteiger partial charge in [-0.05, 0) is 48.8 Å². The zero-order valence-corrected chi connectivity index (χ0v) is 15.9. The standard InChI is InChI=1S/C18H26N4O2S/c1-4-6-7-11-24-15-10-9-14(12-16(15)23-3)13-19-22-17(8-5-2)20-21-18(22)25/h9-10,12-13H,4-8,11H2,1-3H3,(H,21,25)/b19-13+. The van der Waals surface area contributed by atoms with Gasteiger partial charge in [-0.25, -0.2) is 0 Å². The zero-order valence-electron chi connectivity index (χ0n) is 15.1. The van der Waals surface area contributed by atoms with Crippen molar-refractivity contribution in [1.82, 2.24) is 14.9 Å². The molecule has 0 amide bonds. The number of methoxy groups -OCH3 is 1. The van der Waals surface area contributed by atoms with Crippen molar-refractivity contribution < 1.29 is 9.47 Å². The summed E-state index contributed by atoms with van der Waals surface area (Å²) in [4.78, 5) is 0. The lowest BCUT2D eigenvalue weighted by Gasteiger charge is -2.11. The molecule has 2 aromatic rings. The number of aromatic nitrogens is 3. The van der Waals surface area contributed by atoms with E-state index in [0.29, 0.717) is 17.1 Å².